The number of quaternary nitrogens is 1. The molecule has 0 aromatic carbocycles. The number of carbonyl (C=O) groups is 1. The Morgan fingerprint density at radius 1 is 1.05 bits per heavy atom. The van der Waals surface area contributed by atoms with Gasteiger partial charge in [-0.1, -0.05) is 32.1 Å². The van der Waals surface area contributed by atoms with Crippen molar-refractivity contribution in [2.75, 3.05) is 19.6 Å². The Bertz CT molecular complexity index is 291. The van der Waals surface area contributed by atoms with Crippen LogP contribution in [0.5, 0.6) is 0 Å². The van der Waals surface area contributed by atoms with Crippen molar-refractivity contribution >= 4 is 5.91 Å². The second-order valence-corrected chi connectivity index (χ2v) is 6.70. The summed E-state index contributed by atoms with van der Waals surface area (Å²) < 4.78 is 5.73. The van der Waals surface area contributed by atoms with Gasteiger partial charge in [0.05, 0.1) is 0 Å². The van der Waals surface area contributed by atoms with E-state index < -0.39 is 0 Å². The molecule has 0 unspecified atom stereocenters. The van der Waals surface area contributed by atoms with E-state index in [2.05, 4.69) is 19.2 Å². The SMILES string of the molecule is C[C@@H]1C[NH+](CC(=O)NC2CCCCCCC2)C[C@@H](C)O1. The van der Waals surface area contributed by atoms with Gasteiger partial charge in [-0.05, 0) is 26.7 Å². The lowest BCUT2D eigenvalue weighted by molar-refractivity contribution is -0.907. The highest BCUT2D eigenvalue weighted by atomic mass is 16.5. The molecule has 20 heavy (non-hydrogen) atoms. The van der Waals surface area contributed by atoms with Crippen LogP contribution in [0.4, 0.5) is 0 Å². The number of morpholine rings is 1. The van der Waals surface area contributed by atoms with Gasteiger partial charge in [-0.3, -0.25) is 4.79 Å². The van der Waals surface area contributed by atoms with E-state index >= 15 is 0 Å². The van der Waals surface area contributed by atoms with Crippen molar-refractivity contribution in [3.63, 3.8) is 0 Å². The van der Waals surface area contributed by atoms with Gasteiger partial charge in [-0.15, -0.1) is 0 Å². The Morgan fingerprint density at radius 2 is 1.60 bits per heavy atom. The van der Waals surface area contributed by atoms with Crippen LogP contribution in [0.15, 0.2) is 0 Å². The van der Waals surface area contributed by atoms with Crippen molar-refractivity contribution in [1.82, 2.24) is 5.32 Å². The standard InChI is InChI=1S/C16H30N2O2/c1-13-10-18(11-14(2)20-13)12-16(19)17-15-8-6-4-3-5-7-9-15/h13-15H,3-12H2,1-2H3,(H,17,19)/p+1/t13-,14-/m1/s1. The van der Waals surface area contributed by atoms with E-state index in [-0.39, 0.29) is 18.1 Å². The maximum atomic E-state index is 12.2. The van der Waals surface area contributed by atoms with Gasteiger partial charge in [0.25, 0.3) is 5.91 Å². The number of hydrogen-bond acceptors (Lipinski definition) is 2. The van der Waals surface area contributed by atoms with Crippen LogP contribution in [0.25, 0.3) is 0 Å². The third kappa shape index (κ3) is 5.41. The topological polar surface area (TPSA) is 42.8 Å². The van der Waals surface area contributed by atoms with Gasteiger partial charge in [0, 0.05) is 6.04 Å². The first-order valence-electron chi connectivity index (χ1n) is 8.42. The van der Waals surface area contributed by atoms with Crippen molar-refractivity contribution in [2.45, 2.75) is 77.0 Å². The van der Waals surface area contributed by atoms with Crippen LogP contribution in [0.1, 0.15) is 58.8 Å². The average molecular weight is 283 g/mol. The molecule has 4 nitrogen and oxygen atoms in total. The fraction of sp³-hybridized carbons (Fsp3) is 0.938. The molecular formula is C16H31N2O2+. The highest BCUT2D eigenvalue weighted by molar-refractivity contribution is 5.77. The second kappa shape index (κ2) is 7.99. The van der Waals surface area contributed by atoms with Crippen LogP contribution in [0.2, 0.25) is 0 Å². The van der Waals surface area contributed by atoms with Gasteiger partial charge in [0.15, 0.2) is 6.54 Å². The number of carbonyl (C=O) groups excluding carboxylic acids is 1. The summed E-state index contributed by atoms with van der Waals surface area (Å²) >= 11 is 0. The van der Waals surface area contributed by atoms with Gasteiger partial charge < -0.3 is 15.0 Å². The molecular weight excluding hydrogens is 252 g/mol. The molecule has 2 fully saturated rings. The van der Waals surface area contributed by atoms with E-state index in [4.69, 9.17) is 4.74 Å². The largest absolute Gasteiger partial charge is 0.364 e. The zero-order chi connectivity index (χ0) is 14.4. The van der Waals surface area contributed by atoms with E-state index in [1.807, 2.05) is 0 Å². The van der Waals surface area contributed by atoms with Crippen LogP contribution in [0, 0.1) is 0 Å². The maximum Gasteiger partial charge on any atom is 0.275 e. The number of rotatable bonds is 3. The Morgan fingerprint density at radius 3 is 2.20 bits per heavy atom. The lowest BCUT2D eigenvalue weighted by atomic mass is 9.97. The highest BCUT2D eigenvalue weighted by Gasteiger charge is 2.27. The molecule has 0 bridgehead atoms. The van der Waals surface area contributed by atoms with Crippen LogP contribution in [-0.2, 0) is 9.53 Å². The van der Waals surface area contributed by atoms with Crippen molar-refractivity contribution in [2.24, 2.45) is 0 Å². The number of ether oxygens (including phenoxy) is 1. The molecule has 4 heteroatoms. The normalized spacial score (nSPS) is 33.2. The fourth-order valence-corrected chi connectivity index (χ4v) is 3.64. The predicted octanol–water partition coefficient (Wildman–Crippen LogP) is 0.908. The first kappa shape index (κ1) is 15.8. The summed E-state index contributed by atoms with van der Waals surface area (Å²) in [5.41, 5.74) is 0. The van der Waals surface area contributed by atoms with E-state index in [9.17, 15) is 4.79 Å². The lowest BCUT2D eigenvalue weighted by Gasteiger charge is -2.32. The molecule has 1 aliphatic carbocycles. The smallest absolute Gasteiger partial charge is 0.275 e. The third-order valence-corrected chi connectivity index (χ3v) is 4.50. The summed E-state index contributed by atoms with van der Waals surface area (Å²) in [5.74, 6) is 0.229. The van der Waals surface area contributed by atoms with E-state index in [0.717, 1.165) is 25.9 Å². The Kier molecular flexibility index (Phi) is 6.30. The van der Waals surface area contributed by atoms with E-state index in [1.54, 1.807) is 0 Å². The molecule has 1 saturated heterocycles. The van der Waals surface area contributed by atoms with Gasteiger partial charge in [-0.2, -0.15) is 0 Å². The van der Waals surface area contributed by atoms with Crippen LogP contribution < -0.4 is 10.2 Å². The second-order valence-electron chi connectivity index (χ2n) is 6.70. The van der Waals surface area contributed by atoms with Gasteiger partial charge in [0.1, 0.15) is 25.3 Å². The van der Waals surface area contributed by atoms with Crippen LogP contribution in [-0.4, -0.2) is 43.8 Å². The van der Waals surface area contributed by atoms with Crippen molar-refractivity contribution in [3.8, 4) is 0 Å². The first-order valence-corrected chi connectivity index (χ1v) is 8.42. The zero-order valence-electron chi connectivity index (χ0n) is 13.1. The summed E-state index contributed by atoms with van der Waals surface area (Å²) in [7, 11) is 0. The van der Waals surface area contributed by atoms with Crippen LogP contribution >= 0.6 is 0 Å². The zero-order valence-corrected chi connectivity index (χ0v) is 13.1. The minimum absolute atomic E-state index is 0.229. The quantitative estimate of drug-likeness (QED) is 0.808. The summed E-state index contributed by atoms with van der Waals surface area (Å²) in [5, 5.41) is 3.26. The highest BCUT2D eigenvalue weighted by Crippen LogP contribution is 2.16. The minimum atomic E-state index is 0.229. The van der Waals surface area contributed by atoms with Crippen LogP contribution in [0.3, 0.4) is 0 Å². The van der Waals surface area contributed by atoms with Crippen molar-refractivity contribution in [3.05, 3.63) is 0 Å². The van der Waals surface area contributed by atoms with Gasteiger partial charge in [-0.25, -0.2) is 0 Å². The number of hydrogen-bond donors (Lipinski definition) is 2. The van der Waals surface area contributed by atoms with E-state index in [0.29, 0.717) is 12.6 Å². The van der Waals surface area contributed by atoms with Crippen molar-refractivity contribution < 1.29 is 14.4 Å². The van der Waals surface area contributed by atoms with Crippen molar-refractivity contribution in [1.29, 1.82) is 0 Å². The summed E-state index contributed by atoms with van der Waals surface area (Å²) in [6.45, 7) is 6.70. The van der Waals surface area contributed by atoms with E-state index in [1.165, 1.54) is 37.0 Å². The first-order chi connectivity index (χ1) is 9.63. The molecule has 2 atom stereocenters. The molecule has 116 valence electrons. The molecule has 0 aromatic heterocycles. The number of amides is 1. The monoisotopic (exact) mass is 283 g/mol. The lowest BCUT2D eigenvalue weighted by Crippen LogP contribution is -3.16. The molecule has 1 saturated carbocycles. The molecule has 2 rings (SSSR count). The van der Waals surface area contributed by atoms with Gasteiger partial charge in [0.2, 0.25) is 0 Å². The predicted molar refractivity (Wildman–Crippen MR) is 79.8 cm³/mol. The summed E-state index contributed by atoms with van der Waals surface area (Å²) in [4.78, 5) is 13.6. The maximum absolute atomic E-state index is 12.2. The Labute approximate surface area is 123 Å². The summed E-state index contributed by atoms with van der Waals surface area (Å²) in [6.07, 6.45) is 9.42. The molecule has 0 spiro atoms. The Hall–Kier alpha value is -0.610. The molecule has 1 heterocycles. The molecule has 2 aliphatic rings. The molecule has 0 radical (unpaired) electrons. The molecule has 0 aromatic rings. The number of nitrogens with one attached hydrogen (secondary N) is 2. The molecule has 2 N–H and O–H groups in total. The third-order valence-electron chi connectivity index (χ3n) is 4.50. The Balaban J connectivity index is 1.73. The summed E-state index contributed by atoms with van der Waals surface area (Å²) in [6, 6.07) is 0.415. The minimum Gasteiger partial charge on any atom is -0.364 e. The van der Waals surface area contributed by atoms with Gasteiger partial charge >= 0.3 is 0 Å². The molecule has 1 amide bonds. The molecule has 1 aliphatic heterocycles. The fourth-order valence-electron chi connectivity index (χ4n) is 3.64. The average Bonchev–Trinajstić information content (AvgIpc) is 2.31.